The predicted molar refractivity (Wildman–Crippen MR) is 121 cm³/mol. The Morgan fingerprint density at radius 2 is 1.72 bits per heavy atom. The number of ether oxygens (including phenoxy) is 1. The van der Waals surface area contributed by atoms with Crippen molar-refractivity contribution in [2.24, 2.45) is 0 Å². The summed E-state index contributed by atoms with van der Waals surface area (Å²) in [5, 5.41) is 3.98. The molecule has 9 nitrogen and oxygen atoms in total. The van der Waals surface area contributed by atoms with Crippen LogP contribution in [0.3, 0.4) is 0 Å². The lowest BCUT2D eigenvalue weighted by Gasteiger charge is -2.21. The number of amides is 1. The highest BCUT2D eigenvalue weighted by atomic mass is 32.2. The van der Waals surface area contributed by atoms with Crippen LogP contribution in [0.2, 0.25) is 0 Å². The monoisotopic (exact) mass is 458 g/mol. The van der Waals surface area contributed by atoms with Gasteiger partial charge in [0.2, 0.25) is 21.7 Å². The molecular formula is C22H26N4O5S. The molecule has 0 spiro atoms. The molecule has 1 amide bonds. The Morgan fingerprint density at radius 3 is 2.31 bits per heavy atom. The summed E-state index contributed by atoms with van der Waals surface area (Å²) in [6.45, 7) is 3.78. The fourth-order valence-corrected chi connectivity index (χ4v) is 3.42. The van der Waals surface area contributed by atoms with Gasteiger partial charge in [-0.25, -0.2) is 8.42 Å². The summed E-state index contributed by atoms with van der Waals surface area (Å²) in [5.74, 6) is 0.961. The summed E-state index contributed by atoms with van der Waals surface area (Å²) in [4.78, 5) is 18.5. The van der Waals surface area contributed by atoms with E-state index in [2.05, 4.69) is 10.1 Å². The molecule has 0 bridgehead atoms. The molecule has 0 fully saturated rings. The SMILES string of the molecule is Cc1ccc(-c2noc(CN(C)C(=O)[C@@H](C)Oc3ccc(N(C)S(C)(=O)=O)cc3)n2)cc1. The van der Waals surface area contributed by atoms with Crippen LogP contribution in [0.5, 0.6) is 5.75 Å². The van der Waals surface area contributed by atoms with Crippen LogP contribution in [0.15, 0.2) is 53.1 Å². The lowest BCUT2D eigenvalue weighted by molar-refractivity contribution is -0.137. The zero-order valence-corrected chi connectivity index (χ0v) is 19.5. The summed E-state index contributed by atoms with van der Waals surface area (Å²) in [6, 6.07) is 14.2. The van der Waals surface area contributed by atoms with E-state index < -0.39 is 16.1 Å². The highest BCUT2D eigenvalue weighted by Gasteiger charge is 2.22. The number of rotatable bonds is 8. The van der Waals surface area contributed by atoms with Crippen molar-refractivity contribution in [3.63, 3.8) is 0 Å². The number of nitrogens with zero attached hydrogens (tertiary/aromatic N) is 4. The number of carbonyl (C=O) groups excluding carboxylic acids is 1. The fourth-order valence-electron chi connectivity index (χ4n) is 2.91. The summed E-state index contributed by atoms with van der Waals surface area (Å²) in [7, 11) is -0.259. The first-order valence-corrected chi connectivity index (χ1v) is 11.7. The van der Waals surface area contributed by atoms with Gasteiger partial charge in [-0.3, -0.25) is 9.10 Å². The molecule has 1 heterocycles. The Balaban J connectivity index is 1.59. The van der Waals surface area contributed by atoms with Crippen LogP contribution >= 0.6 is 0 Å². The average molecular weight is 459 g/mol. The Hall–Kier alpha value is -3.40. The van der Waals surface area contributed by atoms with Crippen LogP contribution in [0.4, 0.5) is 5.69 Å². The second-order valence-corrected chi connectivity index (χ2v) is 9.57. The summed E-state index contributed by atoms with van der Waals surface area (Å²) in [6.07, 6.45) is 0.360. The van der Waals surface area contributed by atoms with Crippen molar-refractivity contribution in [1.29, 1.82) is 0 Å². The standard InChI is InChI=1S/C22H26N4O5S/c1-15-6-8-17(9-7-15)21-23-20(31-24-21)14-25(3)22(27)16(2)30-19-12-10-18(11-13-19)26(4)32(5,28)29/h6-13,16H,14H2,1-5H3/t16-/m1/s1. The van der Waals surface area contributed by atoms with E-state index in [-0.39, 0.29) is 12.5 Å². The number of hydrogen-bond acceptors (Lipinski definition) is 7. The smallest absolute Gasteiger partial charge is 0.263 e. The molecule has 10 heteroatoms. The third-order valence-electron chi connectivity index (χ3n) is 4.88. The van der Waals surface area contributed by atoms with Crippen LogP contribution < -0.4 is 9.04 Å². The molecule has 1 atom stereocenters. The first kappa shape index (κ1) is 23.3. The van der Waals surface area contributed by atoms with Crippen LogP contribution in [0.25, 0.3) is 11.4 Å². The first-order chi connectivity index (χ1) is 15.0. The largest absolute Gasteiger partial charge is 0.481 e. The molecule has 0 N–H and O–H groups in total. The Bertz CT molecular complexity index is 1170. The van der Waals surface area contributed by atoms with Crippen molar-refractivity contribution in [2.45, 2.75) is 26.5 Å². The van der Waals surface area contributed by atoms with Crippen LogP contribution in [0, 0.1) is 6.92 Å². The molecule has 2 aromatic carbocycles. The number of carbonyl (C=O) groups is 1. The van der Waals surface area contributed by atoms with Gasteiger partial charge in [0, 0.05) is 19.7 Å². The second-order valence-electron chi connectivity index (χ2n) is 7.56. The summed E-state index contributed by atoms with van der Waals surface area (Å²) >= 11 is 0. The molecule has 3 aromatic rings. The van der Waals surface area contributed by atoms with Crippen molar-refractivity contribution in [3.8, 4) is 17.1 Å². The fraction of sp³-hybridized carbons (Fsp3) is 0.318. The lowest BCUT2D eigenvalue weighted by atomic mass is 10.1. The maximum Gasteiger partial charge on any atom is 0.263 e. The number of hydrogen-bond donors (Lipinski definition) is 0. The van der Waals surface area contributed by atoms with E-state index in [9.17, 15) is 13.2 Å². The van der Waals surface area contributed by atoms with E-state index in [0.29, 0.717) is 23.2 Å². The Morgan fingerprint density at radius 1 is 1.09 bits per heavy atom. The molecule has 1 aromatic heterocycles. The third-order valence-corrected chi connectivity index (χ3v) is 6.09. The second kappa shape index (κ2) is 9.39. The average Bonchev–Trinajstić information content (AvgIpc) is 3.21. The Labute approximate surface area is 187 Å². The van der Waals surface area contributed by atoms with Gasteiger partial charge in [-0.05, 0) is 38.1 Å². The minimum atomic E-state index is -3.35. The highest BCUT2D eigenvalue weighted by molar-refractivity contribution is 7.92. The number of benzene rings is 2. The summed E-state index contributed by atoms with van der Waals surface area (Å²) < 4.78 is 35.4. The van der Waals surface area contributed by atoms with Crippen molar-refractivity contribution in [2.75, 3.05) is 24.7 Å². The molecule has 0 aliphatic carbocycles. The highest BCUT2D eigenvalue weighted by Crippen LogP contribution is 2.22. The topological polar surface area (TPSA) is 106 Å². The van der Waals surface area contributed by atoms with E-state index in [1.807, 2.05) is 31.2 Å². The number of aryl methyl sites for hydroxylation is 1. The molecule has 0 aliphatic rings. The van der Waals surface area contributed by atoms with E-state index in [1.54, 1.807) is 38.2 Å². The first-order valence-electron chi connectivity index (χ1n) is 9.90. The number of likely N-dealkylation sites (N-methyl/N-ethyl adjacent to an activating group) is 1. The molecular weight excluding hydrogens is 432 g/mol. The quantitative estimate of drug-likeness (QED) is 0.511. The maximum atomic E-state index is 12.7. The molecule has 3 rings (SSSR count). The van der Waals surface area contributed by atoms with E-state index in [1.165, 1.54) is 11.9 Å². The lowest BCUT2D eigenvalue weighted by Crippen LogP contribution is -2.37. The summed E-state index contributed by atoms with van der Waals surface area (Å²) in [5.41, 5.74) is 2.46. The van der Waals surface area contributed by atoms with Gasteiger partial charge in [0.25, 0.3) is 5.91 Å². The zero-order valence-electron chi connectivity index (χ0n) is 18.6. The molecule has 0 saturated carbocycles. The van der Waals surface area contributed by atoms with E-state index in [0.717, 1.165) is 21.7 Å². The minimum Gasteiger partial charge on any atom is -0.481 e. The van der Waals surface area contributed by atoms with Gasteiger partial charge in [0.15, 0.2) is 6.10 Å². The number of sulfonamides is 1. The minimum absolute atomic E-state index is 0.142. The van der Waals surface area contributed by atoms with Gasteiger partial charge in [-0.1, -0.05) is 35.0 Å². The molecule has 32 heavy (non-hydrogen) atoms. The van der Waals surface area contributed by atoms with Crippen molar-refractivity contribution in [1.82, 2.24) is 15.0 Å². The number of aromatic nitrogens is 2. The van der Waals surface area contributed by atoms with Gasteiger partial charge >= 0.3 is 0 Å². The van der Waals surface area contributed by atoms with Gasteiger partial charge < -0.3 is 14.2 Å². The van der Waals surface area contributed by atoms with E-state index in [4.69, 9.17) is 9.26 Å². The molecule has 0 unspecified atom stereocenters. The normalized spacial score (nSPS) is 12.3. The van der Waals surface area contributed by atoms with Gasteiger partial charge in [-0.2, -0.15) is 4.98 Å². The molecule has 0 aliphatic heterocycles. The predicted octanol–water partition coefficient (Wildman–Crippen LogP) is 2.87. The molecule has 0 radical (unpaired) electrons. The molecule has 0 saturated heterocycles. The van der Waals surface area contributed by atoms with Crippen LogP contribution in [-0.2, 0) is 21.4 Å². The van der Waals surface area contributed by atoms with Crippen LogP contribution in [-0.4, -0.2) is 55.8 Å². The van der Waals surface area contributed by atoms with Gasteiger partial charge in [0.05, 0.1) is 18.5 Å². The van der Waals surface area contributed by atoms with Gasteiger partial charge in [0.1, 0.15) is 5.75 Å². The molecule has 170 valence electrons. The third kappa shape index (κ3) is 5.64. The number of anilines is 1. The Kier molecular flexibility index (Phi) is 6.83. The van der Waals surface area contributed by atoms with Crippen molar-refractivity contribution in [3.05, 3.63) is 60.0 Å². The van der Waals surface area contributed by atoms with Crippen molar-refractivity contribution >= 4 is 21.6 Å². The zero-order chi connectivity index (χ0) is 23.5. The van der Waals surface area contributed by atoms with Crippen LogP contribution in [0.1, 0.15) is 18.4 Å². The maximum absolute atomic E-state index is 12.7. The van der Waals surface area contributed by atoms with Gasteiger partial charge in [-0.15, -0.1) is 0 Å². The van der Waals surface area contributed by atoms with Crippen molar-refractivity contribution < 1.29 is 22.5 Å². The van der Waals surface area contributed by atoms with E-state index >= 15 is 0 Å².